The molecule has 3 nitrogen and oxygen atoms in total. The molecule has 0 N–H and O–H groups in total. The van der Waals surface area contributed by atoms with Crippen molar-refractivity contribution in [3.05, 3.63) is 35.9 Å². The molecule has 1 saturated heterocycles. The van der Waals surface area contributed by atoms with Crippen molar-refractivity contribution in [3.8, 4) is 0 Å². The molecule has 1 heterocycles. The molecule has 0 aliphatic carbocycles. The number of hydrogen-bond acceptors (Lipinski definition) is 3. The average molecular weight is 289 g/mol. The van der Waals surface area contributed by atoms with Gasteiger partial charge in [-0.05, 0) is 50.9 Å². The summed E-state index contributed by atoms with van der Waals surface area (Å²) in [6.45, 7) is 4.12. The van der Waals surface area contributed by atoms with Crippen LogP contribution < -0.4 is 0 Å². The first-order valence-corrected chi connectivity index (χ1v) is 8.26. The van der Waals surface area contributed by atoms with Crippen LogP contribution in [0.15, 0.2) is 30.3 Å². The highest BCUT2D eigenvalue weighted by Crippen LogP contribution is 2.11. The standard InChI is InChI=1S/C18H27NO2/c20-18(21-16-17-10-4-1-5-11-17)12-6-2-7-13-19-14-8-3-9-15-19/h1,4-5,10-11H,2-3,6-9,12-16H2. The third-order valence-corrected chi connectivity index (χ3v) is 4.05. The summed E-state index contributed by atoms with van der Waals surface area (Å²) in [5.41, 5.74) is 1.05. The maximum Gasteiger partial charge on any atom is 0.306 e. The van der Waals surface area contributed by atoms with Gasteiger partial charge in [-0.25, -0.2) is 0 Å². The van der Waals surface area contributed by atoms with Gasteiger partial charge in [0.15, 0.2) is 0 Å². The number of carbonyl (C=O) groups is 1. The zero-order chi connectivity index (χ0) is 14.8. The van der Waals surface area contributed by atoms with Crippen molar-refractivity contribution >= 4 is 5.97 Å². The molecule has 0 radical (unpaired) electrons. The molecule has 0 aromatic heterocycles. The van der Waals surface area contributed by atoms with Crippen LogP contribution in [0.25, 0.3) is 0 Å². The molecule has 0 bridgehead atoms. The number of piperidine rings is 1. The second kappa shape index (κ2) is 9.56. The molecule has 1 aromatic carbocycles. The van der Waals surface area contributed by atoms with Crippen LogP contribution in [0.2, 0.25) is 0 Å². The minimum absolute atomic E-state index is 0.0724. The fourth-order valence-corrected chi connectivity index (χ4v) is 2.77. The second-order valence-corrected chi connectivity index (χ2v) is 5.86. The molecule has 2 rings (SSSR count). The number of esters is 1. The lowest BCUT2D eigenvalue weighted by molar-refractivity contribution is -0.145. The minimum Gasteiger partial charge on any atom is -0.461 e. The van der Waals surface area contributed by atoms with Gasteiger partial charge in [-0.3, -0.25) is 4.79 Å². The summed E-state index contributed by atoms with van der Waals surface area (Å²) in [5.74, 6) is -0.0724. The molecule has 21 heavy (non-hydrogen) atoms. The molecule has 0 spiro atoms. The second-order valence-electron chi connectivity index (χ2n) is 5.86. The van der Waals surface area contributed by atoms with Crippen molar-refractivity contribution in [2.24, 2.45) is 0 Å². The summed E-state index contributed by atoms with van der Waals surface area (Å²) < 4.78 is 5.28. The first-order chi connectivity index (χ1) is 10.3. The molecule has 0 amide bonds. The van der Waals surface area contributed by atoms with Crippen molar-refractivity contribution < 1.29 is 9.53 Å². The van der Waals surface area contributed by atoms with E-state index in [-0.39, 0.29) is 5.97 Å². The number of ether oxygens (including phenoxy) is 1. The zero-order valence-corrected chi connectivity index (χ0v) is 12.9. The maximum atomic E-state index is 11.6. The summed E-state index contributed by atoms with van der Waals surface area (Å²) >= 11 is 0. The van der Waals surface area contributed by atoms with Crippen LogP contribution in [-0.4, -0.2) is 30.5 Å². The lowest BCUT2D eigenvalue weighted by Gasteiger charge is -2.26. The Hall–Kier alpha value is -1.35. The molecule has 1 aromatic rings. The summed E-state index contributed by atoms with van der Waals surface area (Å²) in [5, 5.41) is 0. The van der Waals surface area contributed by atoms with Gasteiger partial charge in [0.25, 0.3) is 0 Å². The van der Waals surface area contributed by atoms with Crippen LogP contribution >= 0.6 is 0 Å². The van der Waals surface area contributed by atoms with E-state index in [0.717, 1.165) is 18.4 Å². The van der Waals surface area contributed by atoms with Crippen LogP contribution in [0, 0.1) is 0 Å². The molecule has 3 heteroatoms. The highest BCUT2D eigenvalue weighted by Gasteiger charge is 2.09. The maximum absolute atomic E-state index is 11.6. The molecule has 1 fully saturated rings. The Morgan fingerprint density at radius 2 is 1.76 bits per heavy atom. The van der Waals surface area contributed by atoms with Gasteiger partial charge in [-0.1, -0.05) is 43.2 Å². The number of nitrogens with zero attached hydrogens (tertiary/aromatic N) is 1. The number of unbranched alkanes of at least 4 members (excludes halogenated alkanes) is 2. The lowest BCUT2D eigenvalue weighted by atomic mass is 10.1. The molecular formula is C18H27NO2. The Balaban J connectivity index is 1.47. The summed E-state index contributed by atoms with van der Waals surface area (Å²) in [7, 11) is 0. The smallest absolute Gasteiger partial charge is 0.306 e. The van der Waals surface area contributed by atoms with Crippen molar-refractivity contribution in [1.29, 1.82) is 0 Å². The van der Waals surface area contributed by atoms with E-state index in [2.05, 4.69) is 4.90 Å². The van der Waals surface area contributed by atoms with Gasteiger partial charge < -0.3 is 9.64 Å². The summed E-state index contributed by atoms with van der Waals surface area (Å²) in [4.78, 5) is 14.2. The molecule has 1 aliphatic heterocycles. The van der Waals surface area contributed by atoms with Gasteiger partial charge >= 0.3 is 5.97 Å². The van der Waals surface area contributed by atoms with Gasteiger partial charge in [-0.2, -0.15) is 0 Å². The highest BCUT2D eigenvalue weighted by molar-refractivity contribution is 5.69. The topological polar surface area (TPSA) is 29.5 Å². The Morgan fingerprint density at radius 3 is 2.52 bits per heavy atom. The Bertz CT molecular complexity index is 399. The molecule has 116 valence electrons. The van der Waals surface area contributed by atoms with E-state index in [1.54, 1.807) is 0 Å². The fraction of sp³-hybridized carbons (Fsp3) is 0.611. The van der Waals surface area contributed by atoms with Crippen molar-refractivity contribution in [3.63, 3.8) is 0 Å². The van der Waals surface area contributed by atoms with Crippen LogP contribution in [0.3, 0.4) is 0 Å². The van der Waals surface area contributed by atoms with Gasteiger partial charge in [-0.15, -0.1) is 0 Å². The van der Waals surface area contributed by atoms with Crippen molar-refractivity contribution in [1.82, 2.24) is 4.90 Å². The zero-order valence-electron chi connectivity index (χ0n) is 12.9. The normalized spacial score (nSPS) is 15.8. The van der Waals surface area contributed by atoms with Gasteiger partial charge in [0.1, 0.15) is 6.61 Å². The van der Waals surface area contributed by atoms with Gasteiger partial charge in [0.2, 0.25) is 0 Å². The van der Waals surface area contributed by atoms with E-state index in [1.807, 2.05) is 30.3 Å². The minimum atomic E-state index is -0.0724. The van der Waals surface area contributed by atoms with E-state index in [4.69, 9.17) is 4.74 Å². The summed E-state index contributed by atoms with van der Waals surface area (Å²) in [6, 6.07) is 9.85. The quantitative estimate of drug-likeness (QED) is 0.539. The number of hydrogen-bond donors (Lipinski definition) is 0. The Morgan fingerprint density at radius 1 is 1.00 bits per heavy atom. The monoisotopic (exact) mass is 289 g/mol. The molecule has 0 saturated carbocycles. The largest absolute Gasteiger partial charge is 0.461 e. The van der Waals surface area contributed by atoms with E-state index in [1.165, 1.54) is 45.3 Å². The fourth-order valence-electron chi connectivity index (χ4n) is 2.77. The predicted octanol–water partition coefficient (Wildman–Crippen LogP) is 3.78. The first kappa shape index (κ1) is 16.0. The number of benzene rings is 1. The lowest BCUT2D eigenvalue weighted by Crippen LogP contribution is -2.30. The van der Waals surface area contributed by atoms with Crippen molar-refractivity contribution in [2.75, 3.05) is 19.6 Å². The van der Waals surface area contributed by atoms with Crippen LogP contribution in [0.1, 0.15) is 50.5 Å². The van der Waals surface area contributed by atoms with Crippen molar-refractivity contribution in [2.45, 2.75) is 51.6 Å². The van der Waals surface area contributed by atoms with Crippen LogP contribution in [0.4, 0.5) is 0 Å². The Kier molecular flexibility index (Phi) is 7.30. The molecule has 1 aliphatic rings. The van der Waals surface area contributed by atoms with E-state index in [9.17, 15) is 4.79 Å². The highest BCUT2D eigenvalue weighted by atomic mass is 16.5. The Labute approximate surface area is 128 Å². The van der Waals surface area contributed by atoms with E-state index in [0.29, 0.717) is 13.0 Å². The SMILES string of the molecule is O=C(CCCCCN1CCCCC1)OCc1ccccc1. The third-order valence-electron chi connectivity index (χ3n) is 4.05. The van der Waals surface area contributed by atoms with E-state index >= 15 is 0 Å². The van der Waals surface area contributed by atoms with Gasteiger partial charge in [0.05, 0.1) is 0 Å². The van der Waals surface area contributed by atoms with Crippen LogP contribution in [0.5, 0.6) is 0 Å². The number of rotatable bonds is 8. The number of likely N-dealkylation sites (tertiary alicyclic amines) is 1. The third kappa shape index (κ3) is 6.76. The first-order valence-electron chi connectivity index (χ1n) is 8.26. The molecular weight excluding hydrogens is 262 g/mol. The molecule has 0 atom stereocenters. The van der Waals surface area contributed by atoms with Gasteiger partial charge in [0, 0.05) is 6.42 Å². The van der Waals surface area contributed by atoms with E-state index < -0.39 is 0 Å². The molecule has 0 unspecified atom stereocenters. The predicted molar refractivity (Wildman–Crippen MR) is 85.0 cm³/mol. The average Bonchev–Trinajstić information content (AvgIpc) is 2.54. The summed E-state index contributed by atoms with van der Waals surface area (Å²) in [6.07, 6.45) is 7.92. The van der Waals surface area contributed by atoms with Crippen LogP contribution in [-0.2, 0) is 16.1 Å². The number of carbonyl (C=O) groups excluding carboxylic acids is 1.